The van der Waals surface area contributed by atoms with E-state index in [0.29, 0.717) is 24.3 Å². The van der Waals surface area contributed by atoms with Crippen LogP contribution in [0.1, 0.15) is 36.0 Å². The lowest BCUT2D eigenvalue weighted by Crippen LogP contribution is -2.35. The van der Waals surface area contributed by atoms with E-state index in [1.165, 1.54) is 6.07 Å². The highest BCUT2D eigenvalue weighted by molar-refractivity contribution is 7.89. The van der Waals surface area contributed by atoms with Gasteiger partial charge in [-0.05, 0) is 55.9 Å². The molecular formula is C15H23NO4S. The Hall–Kier alpha value is -0.950. The number of nitrogens with one attached hydrogen (secondary N) is 1. The van der Waals surface area contributed by atoms with Gasteiger partial charge in [-0.3, -0.25) is 0 Å². The molecule has 0 bridgehead atoms. The zero-order valence-corrected chi connectivity index (χ0v) is 13.4. The van der Waals surface area contributed by atoms with Gasteiger partial charge in [-0.25, -0.2) is 13.1 Å². The number of rotatable bonds is 5. The fourth-order valence-electron chi connectivity index (χ4n) is 2.52. The van der Waals surface area contributed by atoms with Crippen LogP contribution >= 0.6 is 0 Å². The highest BCUT2D eigenvalue weighted by Crippen LogP contribution is 2.21. The summed E-state index contributed by atoms with van der Waals surface area (Å²) in [6.45, 7) is 4.45. The normalized spacial score (nSPS) is 19.7. The molecule has 1 fully saturated rings. The molecule has 1 atom stereocenters. The van der Waals surface area contributed by atoms with Crippen molar-refractivity contribution in [1.29, 1.82) is 0 Å². The molecule has 0 aliphatic carbocycles. The van der Waals surface area contributed by atoms with E-state index < -0.39 is 10.0 Å². The summed E-state index contributed by atoms with van der Waals surface area (Å²) >= 11 is 0. The first-order valence-corrected chi connectivity index (χ1v) is 8.74. The van der Waals surface area contributed by atoms with E-state index in [0.717, 1.165) is 24.8 Å². The van der Waals surface area contributed by atoms with Crippen LogP contribution in [0.5, 0.6) is 0 Å². The molecule has 0 saturated carbocycles. The van der Waals surface area contributed by atoms with Crippen molar-refractivity contribution in [1.82, 2.24) is 4.72 Å². The average molecular weight is 313 g/mol. The first-order chi connectivity index (χ1) is 9.94. The van der Waals surface area contributed by atoms with E-state index in [1.54, 1.807) is 13.0 Å². The molecule has 1 heterocycles. The van der Waals surface area contributed by atoms with Gasteiger partial charge in [-0.1, -0.05) is 6.07 Å². The summed E-state index contributed by atoms with van der Waals surface area (Å²) in [5.41, 5.74) is 2.17. The minimum Gasteiger partial charge on any atom is -0.392 e. The molecule has 1 saturated heterocycles. The number of hydrogen-bond acceptors (Lipinski definition) is 4. The number of aryl methyl sites for hydroxylation is 1. The van der Waals surface area contributed by atoms with Gasteiger partial charge in [0.2, 0.25) is 10.0 Å². The van der Waals surface area contributed by atoms with Crippen molar-refractivity contribution < 1.29 is 18.3 Å². The number of sulfonamides is 1. The SMILES string of the molecule is Cc1cc(CO)cc(S(=O)(=O)NCC2CCCCO2)c1C. The van der Waals surface area contributed by atoms with Crippen LogP contribution in [0.3, 0.4) is 0 Å². The third kappa shape index (κ3) is 4.03. The molecule has 1 aliphatic rings. The Morgan fingerprint density at radius 3 is 2.71 bits per heavy atom. The van der Waals surface area contributed by atoms with Crippen LogP contribution in [0.25, 0.3) is 0 Å². The fraction of sp³-hybridized carbons (Fsp3) is 0.600. The Morgan fingerprint density at radius 1 is 1.33 bits per heavy atom. The molecule has 118 valence electrons. The minimum absolute atomic E-state index is 0.0454. The number of aliphatic hydroxyl groups is 1. The summed E-state index contributed by atoms with van der Waals surface area (Å²) in [5.74, 6) is 0. The van der Waals surface area contributed by atoms with Gasteiger partial charge < -0.3 is 9.84 Å². The van der Waals surface area contributed by atoms with Crippen molar-refractivity contribution in [2.24, 2.45) is 0 Å². The summed E-state index contributed by atoms with van der Waals surface area (Å²) < 4.78 is 33.1. The maximum Gasteiger partial charge on any atom is 0.240 e. The number of aliphatic hydroxyl groups excluding tert-OH is 1. The predicted octanol–water partition coefficient (Wildman–Crippen LogP) is 1.64. The third-order valence-corrected chi connectivity index (χ3v) is 5.48. The van der Waals surface area contributed by atoms with Gasteiger partial charge in [0.05, 0.1) is 17.6 Å². The molecule has 0 aromatic heterocycles. The summed E-state index contributed by atoms with van der Waals surface area (Å²) in [4.78, 5) is 0.238. The standard InChI is InChI=1S/C15H23NO4S/c1-11-7-13(10-17)8-15(12(11)2)21(18,19)16-9-14-5-3-4-6-20-14/h7-8,14,16-17H,3-6,9-10H2,1-2H3. The number of hydrogen-bond donors (Lipinski definition) is 2. The van der Waals surface area contributed by atoms with Gasteiger partial charge in [0.25, 0.3) is 0 Å². The Kier molecular flexibility index (Phi) is 5.37. The maximum absolute atomic E-state index is 12.5. The zero-order valence-electron chi connectivity index (χ0n) is 12.6. The van der Waals surface area contributed by atoms with E-state index >= 15 is 0 Å². The summed E-state index contributed by atoms with van der Waals surface area (Å²) in [5, 5.41) is 9.24. The Bertz CT molecular complexity index is 592. The zero-order chi connectivity index (χ0) is 15.5. The quantitative estimate of drug-likeness (QED) is 0.866. The van der Waals surface area contributed by atoms with E-state index in [9.17, 15) is 13.5 Å². The molecule has 6 heteroatoms. The molecule has 1 aliphatic heterocycles. The van der Waals surface area contributed by atoms with Crippen LogP contribution < -0.4 is 4.72 Å². The maximum atomic E-state index is 12.5. The monoisotopic (exact) mass is 313 g/mol. The second-order valence-corrected chi connectivity index (χ2v) is 7.27. The van der Waals surface area contributed by atoms with E-state index in [-0.39, 0.29) is 17.6 Å². The molecule has 5 nitrogen and oxygen atoms in total. The predicted molar refractivity (Wildman–Crippen MR) is 80.6 cm³/mol. The van der Waals surface area contributed by atoms with Crippen LogP contribution in [-0.2, 0) is 21.4 Å². The third-order valence-electron chi connectivity index (χ3n) is 3.93. The smallest absolute Gasteiger partial charge is 0.240 e. The summed E-state index contributed by atoms with van der Waals surface area (Å²) in [6, 6.07) is 3.34. The Balaban J connectivity index is 2.16. The first-order valence-electron chi connectivity index (χ1n) is 7.26. The van der Waals surface area contributed by atoms with E-state index in [1.807, 2.05) is 6.92 Å². The van der Waals surface area contributed by atoms with Crippen LogP contribution in [-0.4, -0.2) is 32.8 Å². The second kappa shape index (κ2) is 6.87. The largest absolute Gasteiger partial charge is 0.392 e. The summed E-state index contributed by atoms with van der Waals surface area (Å²) in [7, 11) is -3.59. The lowest BCUT2D eigenvalue weighted by Gasteiger charge is -2.23. The van der Waals surface area contributed by atoms with E-state index in [2.05, 4.69) is 4.72 Å². The van der Waals surface area contributed by atoms with Crippen LogP contribution in [0, 0.1) is 13.8 Å². The molecule has 0 spiro atoms. The molecule has 1 aromatic carbocycles. The van der Waals surface area contributed by atoms with Crippen molar-refractivity contribution in [3.8, 4) is 0 Å². The Labute approximate surface area is 126 Å². The van der Waals surface area contributed by atoms with Crippen LogP contribution in [0.15, 0.2) is 17.0 Å². The Morgan fingerprint density at radius 2 is 2.10 bits per heavy atom. The average Bonchev–Trinajstić information content (AvgIpc) is 2.48. The van der Waals surface area contributed by atoms with Crippen LogP contribution in [0.2, 0.25) is 0 Å². The topological polar surface area (TPSA) is 75.6 Å². The van der Waals surface area contributed by atoms with Crippen molar-refractivity contribution in [3.05, 3.63) is 28.8 Å². The molecule has 21 heavy (non-hydrogen) atoms. The molecule has 0 amide bonds. The van der Waals surface area contributed by atoms with Crippen molar-refractivity contribution in [2.45, 2.75) is 50.7 Å². The van der Waals surface area contributed by atoms with Crippen LogP contribution in [0.4, 0.5) is 0 Å². The highest BCUT2D eigenvalue weighted by atomic mass is 32.2. The number of ether oxygens (including phenoxy) is 1. The lowest BCUT2D eigenvalue weighted by atomic mass is 10.1. The first kappa shape index (κ1) is 16.4. The molecule has 2 N–H and O–H groups in total. The number of benzene rings is 1. The van der Waals surface area contributed by atoms with Gasteiger partial charge in [0.15, 0.2) is 0 Å². The molecule has 1 unspecified atom stereocenters. The van der Waals surface area contributed by atoms with Gasteiger partial charge in [-0.2, -0.15) is 0 Å². The molecule has 0 radical (unpaired) electrons. The van der Waals surface area contributed by atoms with Gasteiger partial charge >= 0.3 is 0 Å². The van der Waals surface area contributed by atoms with E-state index in [4.69, 9.17) is 4.74 Å². The fourth-order valence-corrected chi connectivity index (χ4v) is 3.95. The van der Waals surface area contributed by atoms with Crippen molar-refractivity contribution >= 4 is 10.0 Å². The van der Waals surface area contributed by atoms with Crippen molar-refractivity contribution in [2.75, 3.05) is 13.2 Å². The van der Waals surface area contributed by atoms with Crippen molar-refractivity contribution in [3.63, 3.8) is 0 Å². The summed E-state index contributed by atoms with van der Waals surface area (Å²) in [6.07, 6.45) is 2.96. The molecular weight excluding hydrogens is 290 g/mol. The van der Waals surface area contributed by atoms with Gasteiger partial charge in [-0.15, -0.1) is 0 Å². The highest BCUT2D eigenvalue weighted by Gasteiger charge is 2.21. The lowest BCUT2D eigenvalue weighted by molar-refractivity contribution is 0.0200. The molecule has 2 rings (SSSR count). The van der Waals surface area contributed by atoms with Gasteiger partial charge in [0.1, 0.15) is 0 Å². The van der Waals surface area contributed by atoms with Gasteiger partial charge in [0, 0.05) is 13.2 Å². The second-order valence-electron chi connectivity index (χ2n) is 5.53. The molecule has 1 aromatic rings. The minimum atomic E-state index is -3.59.